The maximum absolute atomic E-state index is 13.0. The number of carbonyl (C=O) groups is 2. The van der Waals surface area contributed by atoms with Crippen LogP contribution in [-0.4, -0.2) is 29.8 Å². The predicted molar refractivity (Wildman–Crippen MR) is 112 cm³/mol. The first-order valence-electron chi connectivity index (χ1n) is 9.76. The van der Waals surface area contributed by atoms with Gasteiger partial charge in [-0.25, -0.2) is 0 Å². The van der Waals surface area contributed by atoms with Crippen LogP contribution in [-0.2, 0) is 4.79 Å². The molecule has 3 aromatic carbocycles. The summed E-state index contributed by atoms with van der Waals surface area (Å²) in [4.78, 5) is 27.5. The monoisotopic (exact) mass is 372 g/mol. The van der Waals surface area contributed by atoms with Crippen molar-refractivity contribution in [1.29, 1.82) is 0 Å². The number of fused-ring (bicyclic) bond motifs is 1. The minimum atomic E-state index is -0.0575. The quantitative estimate of drug-likeness (QED) is 0.728. The summed E-state index contributed by atoms with van der Waals surface area (Å²) in [5.74, 6) is 0.0353. The first-order chi connectivity index (χ1) is 13.6. The molecule has 1 fully saturated rings. The van der Waals surface area contributed by atoms with Crippen LogP contribution >= 0.6 is 0 Å². The third-order valence-electron chi connectivity index (χ3n) is 5.49. The molecule has 4 nitrogen and oxygen atoms in total. The van der Waals surface area contributed by atoms with E-state index in [1.807, 2.05) is 78.6 Å². The van der Waals surface area contributed by atoms with Gasteiger partial charge in [-0.15, -0.1) is 0 Å². The van der Waals surface area contributed by atoms with Gasteiger partial charge in [0, 0.05) is 30.3 Å². The summed E-state index contributed by atoms with van der Waals surface area (Å²) in [6.07, 6.45) is 1.38. The van der Waals surface area contributed by atoms with Gasteiger partial charge < -0.3 is 10.2 Å². The molecule has 0 aromatic heterocycles. The van der Waals surface area contributed by atoms with E-state index in [1.165, 1.54) is 5.56 Å². The van der Waals surface area contributed by atoms with Crippen LogP contribution in [0.2, 0.25) is 0 Å². The van der Waals surface area contributed by atoms with Crippen molar-refractivity contribution < 1.29 is 9.59 Å². The van der Waals surface area contributed by atoms with Gasteiger partial charge >= 0.3 is 0 Å². The Kier molecular flexibility index (Phi) is 5.11. The molecule has 0 saturated carbocycles. The van der Waals surface area contributed by atoms with Crippen molar-refractivity contribution >= 4 is 28.3 Å². The fourth-order valence-electron chi connectivity index (χ4n) is 3.81. The van der Waals surface area contributed by atoms with Crippen molar-refractivity contribution in [1.82, 2.24) is 4.90 Å². The summed E-state index contributed by atoms with van der Waals surface area (Å²) < 4.78 is 0. The second-order valence-electron chi connectivity index (χ2n) is 7.45. The van der Waals surface area contributed by atoms with Gasteiger partial charge in [0.1, 0.15) is 0 Å². The molecular weight excluding hydrogens is 348 g/mol. The third-order valence-corrected chi connectivity index (χ3v) is 5.49. The van der Waals surface area contributed by atoms with Crippen LogP contribution in [0.4, 0.5) is 5.69 Å². The van der Waals surface area contributed by atoms with Crippen molar-refractivity contribution in [2.75, 3.05) is 18.4 Å². The summed E-state index contributed by atoms with van der Waals surface area (Å²) >= 11 is 0. The van der Waals surface area contributed by atoms with Crippen LogP contribution in [0, 0.1) is 12.8 Å². The van der Waals surface area contributed by atoms with Gasteiger partial charge in [-0.05, 0) is 48.7 Å². The van der Waals surface area contributed by atoms with E-state index in [4.69, 9.17) is 0 Å². The second-order valence-corrected chi connectivity index (χ2v) is 7.45. The van der Waals surface area contributed by atoms with Crippen LogP contribution in [0.3, 0.4) is 0 Å². The average Bonchev–Trinajstić information content (AvgIpc) is 2.74. The van der Waals surface area contributed by atoms with E-state index in [0.29, 0.717) is 25.9 Å². The maximum Gasteiger partial charge on any atom is 0.254 e. The van der Waals surface area contributed by atoms with E-state index >= 15 is 0 Å². The van der Waals surface area contributed by atoms with Gasteiger partial charge in [0.05, 0.1) is 0 Å². The Morgan fingerprint density at radius 2 is 1.57 bits per heavy atom. The number of piperidine rings is 1. The molecule has 2 amide bonds. The van der Waals surface area contributed by atoms with Crippen LogP contribution in [0.15, 0.2) is 66.7 Å². The molecule has 142 valence electrons. The number of rotatable bonds is 3. The Bertz CT molecular complexity index is 997. The summed E-state index contributed by atoms with van der Waals surface area (Å²) in [5.41, 5.74) is 2.73. The van der Waals surface area contributed by atoms with E-state index < -0.39 is 0 Å². The number of carbonyl (C=O) groups excluding carboxylic acids is 2. The number of nitrogens with one attached hydrogen (secondary N) is 1. The number of anilines is 1. The van der Waals surface area contributed by atoms with E-state index in [1.54, 1.807) is 0 Å². The van der Waals surface area contributed by atoms with Crippen LogP contribution in [0.5, 0.6) is 0 Å². The van der Waals surface area contributed by atoms with Crippen molar-refractivity contribution in [3.05, 3.63) is 77.9 Å². The smallest absolute Gasteiger partial charge is 0.254 e. The summed E-state index contributed by atoms with van der Waals surface area (Å²) in [7, 11) is 0. The highest BCUT2D eigenvalue weighted by Gasteiger charge is 2.28. The Balaban J connectivity index is 1.40. The van der Waals surface area contributed by atoms with Gasteiger partial charge in [-0.2, -0.15) is 0 Å². The Morgan fingerprint density at radius 1 is 0.893 bits per heavy atom. The summed E-state index contributed by atoms with van der Waals surface area (Å²) in [6, 6.07) is 21.6. The van der Waals surface area contributed by atoms with E-state index in [2.05, 4.69) is 5.32 Å². The number of likely N-dealkylation sites (tertiary alicyclic amines) is 1. The van der Waals surface area contributed by atoms with Crippen molar-refractivity contribution in [3.8, 4) is 0 Å². The molecule has 1 saturated heterocycles. The van der Waals surface area contributed by atoms with Gasteiger partial charge in [-0.1, -0.05) is 54.1 Å². The molecule has 0 unspecified atom stereocenters. The fraction of sp³-hybridized carbons (Fsp3) is 0.250. The van der Waals surface area contributed by atoms with Crippen LogP contribution in [0.25, 0.3) is 10.8 Å². The largest absolute Gasteiger partial charge is 0.339 e. The molecule has 4 rings (SSSR count). The van der Waals surface area contributed by atoms with Gasteiger partial charge in [0.15, 0.2) is 0 Å². The molecule has 1 aliphatic rings. The normalized spacial score (nSPS) is 14.8. The molecule has 0 bridgehead atoms. The molecule has 1 N–H and O–H groups in total. The summed E-state index contributed by atoms with van der Waals surface area (Å²) in [6.45, 7) is 3.23. The van der Waals surface area contributed by atoms with Crippen molar-refractivity contribution in [3.63, 3.8) is 0 Å². The molecule has 28 heavy (non-hydrogen) atoms. The van der Waals surface area contributed by atoms with E-state index in [0.717, 1.165) is 22.0 Å². The highest BCUT2D eigenvalue weighted by Crippen LogP contribution is 2.24. The maximum atomic E-state index is 13.0. The Hall–Kier alpha value is -3.14. The number of hydrogen-bond donors (Lipinski definition) is 1. The lowest BCUT2D eigenvalue weighted by Gasteiger charge is -2.31. The van der Waals surface area contributed by atoms with E-state index in [9.17, 15) is 9.59 Å². The van der Waals surface area contributed by atoms with Gasteiger partial charge in [0.2, 0.25) is 5.91 Å². The fourth-order valence-corrected chi connectivity index (χ4v) is 3.81. The topological polar surface area (TPSA) is 49.4 Å². The van der Waals surface area contributed by atoms with Crippen LogP contribution < -0.4 is 5.32 Å². The zero-order valence-corrected chi connectivity index (χ0v) is 16.0. The number of hydrogen-bond acceptors (Lipinski definition) is 2. The number of benzene rings is 3. The molecule has 4 heteroatoms. The zero-order chi connectivity index (χ0) is 19.5. The third kappa shape index (κ3) is 3.77. The minimum Gasteiger partial charge on any atom is -0.339 e. The first-order valence-corrected chi connectivity index (χ1v) is 9.76. The standard InChI is InChI=1S/C24H24N2O2/c1-17-9-11-20(12-10-17)25-23(27)19-13-15-26(16-14-19)24(28)22-8-4-6-18-5-2-3-7-21(18)22/h2-12,19H,13-16H2,1H3,(H,25,27). The van der Waals surface area contributed by atoms with Crippen LogP contribution in [0.1, 0.15) is 28.8 Å². The lowest BCUT2D eigenvalue weighted by molar-refractivity contribution is -0.121. The zero-order valence-electron chi connectivity index (χ0n) is 16.0. The Morgan fingerprint density at radius 3 is 2.32 bits per heavy atom. The molecule has 1 aliphatic heterocycles. The molecular formula is C24H24N2O2. The average molecular weight is 372 g/mol. The first kappa shape index (κ1) is 18.2. The molecule has 0 aliphatic carbocycles. The highest BCUT2D eigenvalue weighted by molar-refractivity contribution is 6.07. The molecule has 0 radical (unpaired) electrons. The van der Waals surface area contributed by atoms with Crippen molar-refractivity contribution in [2.45, 2.75) is 19.8 Å². The van der Waals surface area contributed by atoms with Gasteiger partial charge in [-0.3, -0.25) is 9.59 Å². The number of aryl methyl sites for hydroxylation is 1. The minimum absolute atomic E-state index is 0.0427. The highest BCUT2D eigenvalue weighted by atomic mass is 16.2. The van der Waals surface area contributed by atoms with E-state index in [-0.39, 0.29) is 17.7 Å². The number of nitrogens with zero attached hydrogens (tertiary/aromatic N) is 1. The lowest BCUT2D eigenvalue weighted by Crippen LogP contribution is -2.41. The predicted octanol–water partition coefficient (Wildman–Crippen LogP) is 4.64. The Labute approximate surface area is 165 Å². The lowest BCUT2D eigenvalue weighted by atomic mass is 9.94. The SMILES string of the molecule is Cc1ccc(NC(=O)C2CCN(C(=O)c3cccc4ccccc34)CC2)cc1. The number of amides is 2. The summed E-state index contributed by atoms with van der Waals surface area (Å²) in [5, 5.41) is 5.05. The molecule has 1 heterocycles. The van der Waals surface area contributed by atoms with Crippen molar-refractivity contribution in [2.24, 2.45) is 5.92 Å². The van der Waals surface area contributed by atoms with Gasteiger partial charge in [0.25, 0.3) is 5.91 Å². The second kappa shape index (κ2) is 7.85. The molecule has 3 aromatic rings. The molecule has 0 spiro atoms. The molecule has 0 atom stereocenters.